The zero-order valence-corrected chi connectivity index (χ0v) is 15.5. The molecule has 2 aromatic carbocycles. The van der Waals surface area contributed by atoms with Crippen molar-refractivity contribution < 1.29 is 32.2 Å². The molecule has 0 saturated carbocycles. The Balaban J connectivity index is 1.34. The lowest BCUT2D eigenvalue weighted by Crippen LogP contribution is -2.15. The largest absolute Gasteiger partial charge is 0.467 e. The van der Waals surface area contributed by atoms with E-state index in [9.17, 15) is 13.6 Å². The second-order valence-electron chi connectivity index (χ2n) is 6.57. The number of halogens is 2. The number of carbonyl (C=O) groups excluding carboxylic acids is 1. The number of hydrogen-bond acceptors (Lipinski definition) is 5. The molecule has 1 aliphatic rings. The Morgan fingerprint density at radius 2 is 1.97 bits per heavy atom. The van der Waals surface area contributed by atoms with E-state index in [1.54, 1.807) is 30.3 Å². The van der Waals surface area contributed by atoms with Crippen LogP contribution < -0.4 is 4.74 Å². The Labute approximate surface area is 165 Å². The van der Waals surface area contributed by atoms with Crippen molar-refractivity contribution in [2.45, 2.75) is 26.1 Å². The molecule has 4 rings (SSSR count). The third kappa shape index (κ3) is 4.46. The smallest absolute Gasteiger partial charge is 0.306 e. The summed E-state index contributed by atoms with van der Waals surface area (Å²) in [7, 11) is 0. The van der Waals surface area contributed by atoms with E-state index in [-0.39, 0.29) is 32.2 Å². The van der Waals surface area contributed by atoms with Crippen molar-refractivity contribution in [3.63, 3.8) is 0 Å². The van der Waals surface area contributed by atoms with Crippen LogP contribution in [0.3, 0.4) is 0 Å². The van der Waals surface area contributed by atoms with Crippen LogP contribution in [0.4, 0.5) is 8.78 Å². The van der Waals surface area contributed by atoms with Gasteiger partial charge in [-0.05, 0) is 36.4 Å². The van der Waals surface area contributed by atoms with Gasteiger partial charge >= 0.3 is 5.97 Å². The Morgan fingerprint density at radius 1 is 1.10 bits per heavy atom. The molecule has 29 heavy (non-hydrogen) atoms. The molecular formula is C22H18F2O5. The Bertz CT molecular complexity index is 1030. The van der Waals surface area contributed by atoms with Gasteiger partial charge in [0.25, 0.3) is 0 Å². The number of hydrogen-bond donors (Lipinski definition) is 0. The summed E-state index contributed by atoms with van der Waals surface area (Å²) in [5, 5.41) is 0. The number of furan rings is 1. The molecule has 0 unspecified atom stereocenters. The van der Waals surface area contributed by atoms with Crippen molar-refractivity contribution in [3.8, 4) is 17.1 Å². The molecule has 2 heterocycles. The van der Waals surface area contributed by atoms with E-state index in [2.05, 4.69) is 0 Å². The molecule has 0 saturated heterocycles. The highest BCUT2D eigenvalue weighted by molar-refractivity contribution is 5.69. The third-order valence-electron chi connectivity index (χ3n) is 4.52. The molecule has 0 radical (unpaired) electrons. The van der Waals surface area contributed by atoms with Crippen LogP contribution in [0.1, 0.15) is 23.3 Å². The van der Waals surface area contributed by atoms with Crippen molar-refractivity contribution >= 4 is 5.97 Å². The fraction of sp³-hybridized carbons (Fsp3) is 0.227. The number of esters is 1. The standard InChI is InChI=1S/C22H18F2O5/c23-16-9-14-11-26-13-28-22(14)15(10-16)12-27-21(25)8-6-17-5-7-20(29-17)18-3-1-2-4-19(18)24/h1-5,7,9-10H,6,8,11-13H2. The monoisotopic (exact) mass is 400 g/mol. The summed E-state index contributed by atoms with van der Waals surface area (Å²) in [6.45, 7) is 0.219. The van der Waals surface area contributed by atoms with Crippen LogP contribution in [0.15, 0.2) is 52.9 Å². The number of aryl methyl sites for hydroxylation is 1. The third-order valence-corrected chi connectivity index (χ3v) is 4.52. The molecule has 7 heteroatoms. The maximum absolute atomic E-state index is 13.8. The average molecular weight is 400 g/mol. The minimum Gasteiger partial charge on any atom is -0.467 e. The zero-order valence-electron chi connectivity index (χ0n) is 15.5. The molecule has 0 spiro atoms. The minimum atomic E-state index is -0.459. The summed E-state index contributed by atoms with van der Waals surface area (Å²) >= 11 is 0. The first-order valence-corrected chi connectivity index (χ1v) is 9.11. The van der Waals surface area contributed by atoms with Gasteiger partial charge in [-0.3, -0.25) is 4.79 Å². The van der Waals surface area contributed by atoms with Gasteiger partial charge in [-0.15, -0.1) is 0 Å². The lowest BCUT2D eigenvalue weighted by Gasteiger charge is -2.20. The van der Waals surface area contributed by atoms with E-state index in [1.165, 1.54) is 18.2 Å². The molecule has 0 bridgehead atoms. The summed E-state index contributed by atoms with van der Waals surface area (Å²) in [5.74, 6) is 0.157. The average Bonchev–Trinajstić information content (AvgIpc) is 3.19. The van der Waals surface area contributed by atoms with Gasteiger partial charge in [0.05, 0.1) is 18.6 Å². The van der Waals surface area contributed by atoms with Crippen LogP contribution in [0.25, 0.3) is 11.3 Å². The number of ether oxygens (including phenoxy) is 3. The topological polar surface area (TPSA) is 57.9 Å². The highest BCUT2D eigenvalue weighted by atomic mass is 19.1. The molecule has 0 amide bonds. The fourth-order valence-electron chi connectivity index (χ4n) is 3.14. The predicted octanol–water partition coefficient (Wildman–Crippen LogP) is 4.77. The molecule has 1 aliphatic heterocycles. The van der Waals surface area contributed by atoms with Crippen LogP contribution in [0, 0.1) is 11.6 Å². The summed E-state index contributed by atoms with van der Waals surface area (Å²) in [5.41, 5.74) is 1.40. The maximum Gasteiger partial charge on any atom is 0.306 e. The van der Waals surface area contributed by atoms with E-state index in [4.69, 9.17) is 18.6 Å². The molecular weight excluding hydrogens is 382 g/mol. The highest BCUT2D eigenvalue weighted by Crippen LogP contribution is 2.30. The summed E-state index contributed by atoms with van der Waals surface area (Å²) in [6, 6.07) is 12.3. The molecule has 0 N–H and O–H groups in total. The van der Waals surface area contributed by atoms with Crippen LogP contribution in [-0.2, 0) is 33.9 Å². The molecule has 150 valence electrons. The lowest BCUT2D eigenvalue weighted by atomic mass is 10.1. The van der Waals surface area contributed by atoms with Gasteiger partial charge in [-0.25, -0.2) is 8.78 Å². The second-order valence-corrected chi connectivity index (χ2v) is 6.57. The van der Waals surface area contributed by atoms with Crippen LogP contribution in [0.2, 0.25) is 0 Å². The molecule has 5 nitrogen and oxygen atoms in total. The molecule has 1 aromatic heterocycles. The van der Waals surface area contributed by atoms with Crippen molar-refractivity contribution in [2.24, 2.45) is 0 Å². The van der Waals surface area contributed by atoms with Gasteiger partial charge in [-0.1, -0.05) is 12.1 Å². The Hall–Kier alpha value is -3.19. The van der Waals surface area contributed by atoms with E-state index in [0.717, 1.165) is 0 Å². The van der Waals surface area contributed by atoms with E-state index in [1.807, 2.05) is 0 Å². The fourth-order valence-corrected chi connectivity index (χ4v) is 3.14. The number of fused-ring (bicyclic) bond motifs is 1. The van der Waals surface area contributed by atoms with E-state index >= 15 is 0 Å². The number of benzene rings is 2. The SMILES string of the molecule is O=C(CCc1ccc(-c2ccccc2F)o1)OCc1cc(F)cc2c1OCOC2. The van der Waals surface area contributed by atoms with Crippen molar-refractivity contribution in [1.29, 1.82) is 0 Å². The van der Waals surface area contributed by atoms with Gasteiger partial charge in [0.15, 0.2) is 6.79 Å². The predicted molar refractivity (Wildman–Crippen MR) is 98.9 cm³/mol. The number of rotatable bonds is 6. The van der Waals surface area contributed by atoms with Crippen LogP contribution in [-0.4, -0.2) is 12.8 Å². The minimum absolute atomic E-state index is 0.0718. The first kappa shape index (κ1) is 19.1. The van der Waals surface area contributed by atoms with E-state index in [0.29, 0.717) is 40.4 Å². The van der Waals surface area contributed by atoms with Crippen molar-refractivity contribution in [2.75, 3.05) is 6.79 Å². The Morgan fingerprint density at radius 3 is 2.83 bits per heavy atom. The van der Waals surface area contributed by atoms with Gasteiger partial charge in [0.2, 0.25) is 0 Å². The summed E-state index contributed by atoms with van der Waals surface area (Å²) in [4.78, 5) is 12.1. The Kier molecular flexibility index (Phi) is 5.57. The van der Waals surface area contributed by atoms with Crippen LogP contribution in [0.5, 0.6) is 5.75 Å². The normalized spacial score (nSPS) is 12.9. The van der Waals surface area contributed by atoms with Gasteiger partial charge in [0, 0.05) is 17.5 Å². The second kappa shape index (κ2) is 8.45. The maximum atomic E-state index is 13.8. The molecule has 0 fully saturated rings. The quantitative estimate of drug-likeness (QED) is 0.558. The van der Waals surface area contributed by atoms with Crippen molar-refractivity contribution in [3.05, 3.63) is 77.1 Å². The lowest BCUT2D eigenvalue weighted by molar-refractivity contribution is -0.145. The first-order valence-electron chi connectivity index (χ1n) is 9.11. The van der Waals surface area contributed by atoms with Gasteiger partial charge in [0.1, 0.15) is 35.5 Å². The van der Waals surface area contributed by atoms with Gasteiger partial charge in [-0.2, -0.15) is 0 Å². The molecule has 0 aliphatic carbocycles. The van der Waals surface area contributed by atoms with Crippen molar-refractivity contribution in [1.82, 2.24) is 0 Å². The van der Waals surface area contributed by atoms with Crippen LogP contribution >= 0.6 is 0 Å². The first-order chi connectivity index (χ1) is 14.1. The van der Waals surface area contributed by atoms with Gasteiger partial charge < -0.3 is 18.6 Å². The zero-order chi connectivity index (χ0) is 20.2. The highest BCUT2D eigenvalue weighted by Gasteiger charge is 2.18. The molecule has 0 atom stereocenters. The summed E-state index contributed by atoms with van der Waals surface area (Å²) in [6.07, 6.45) is 0.380. The van der Waals surface area contributed by atoms with E-state index < -0.39 is 11.8 Å². The molecule has 3 aromatic rings. The number of carbonyl (C=O) groups is 1. The summed E-state index contributed by atoms with van der Waals surface area (Å²) < 4.78 is 49.0.